The van der Waals surface area contributed by atoms with Gasteiger partial charge < -0.3 is 4.90 Å². The Labute approximate surface area is 167 Å². The van der Waals surface area contributed by atoms with E-state index in [9.17, 15) is 8.42 Å². The summed E-state index contributed by atoms with van der Waals surface area (Å²) in [5.41, 5.74) is 3.68. The molecule has 0 aliphatic rings. The first-order valence-electron chi connectivity index (χ1n) is 8.47. The summed E-state index contributed by atoms with van der Waals surface area (Å²) in [4.78, 5) is 1.82. The van der Waals surface area contributed by atoms with Gasteiger partial charge in [0.1, 0.15) is 11.2 Å². The highest BCUT2D eigenvalue weighted by molar-refractivity contribution is 7.80. The lowest BCUT2D eigenvalue weighted by Crippen LogP contribution is -2.25. The number of likely N-dealkylation sites (N-methyl/N-ethyl adjacent to an activating group) is 1. The van der Waals surface area contributed by atoms with Crippen molar-refractivity contribution < 1.29 is 21.7 Å². The van der Waals surface area contributed by atoms with E-state index in [2.05, 4.69) is 20.5 Å². The molecule has 148 valence electrons. The van der Waals surface area contributed by atoms with E-state index >= 15 is 0 Å². The normalized spacial score (nSPS) is 12.1. The molecule has 2 aromatic carbocycles. The van der Waals surface area contributed by atoms with Gasteiger partial charge in [0.05, 0.1) is 23.5 Å². The van der Waals surface area contributed by atoms with Crippen LogP contribution in [0.4, 0.5) is 16.5 Å². The first-order chi connectivity index (χ1) is 13.2. The first kappa shape index (κ1) is 20.3. The quantitative estimate of drug-likeness (QED) is 0.356. The van der Waals surface area contributed by atoms with Crippen LogP contribution in [0.1, 0.15) is 5.56 Å². The third-order valence-corrected chi connectivity index (χ3v) is 5.81. The van der Waals surface area contributed by atoms with E-state index in [1.807, 2.05) is 59.8 Å². The molecular formula is C18H21N4O4S2+. The van der Waals surface area contributed by atoms with Gasteiger partial charge in [-0.15, -0.1) is 0 Å². The SMILES string of the molecule is Cc1cc(N(C)CCOS(=O)(=O)O)ccc1N=Nc1sc2ccccc2[n+]1C. The average molecular weight is 422 g/mol. The number of fused-ring (bicyclic) bond motifs is 1. The summed E-state index contributed by atoms with van der Waals surface area (Å²) in [7, 11) is -0.648. The summed E-state index contributed by atoms with van der Waals surface area (Å²) >= 11 is 1.58. The van der Waals surface area contributed by atoms with Gasteiger partial charge >= 0.3 is 15.5 Å². The number of nitrogens with zero attached hydrogens (tertiary/aromatic N) is 4. The lowest BCUT2D eigenvalue weighted by atomic mass is 10.1. The molecule has 0 saturated heterocycles. The average Bonchev–Trinajstić information content (AvgIpc) is 2.96. The molecule has 0 spiro atoms. The predicted octanol–water partition coefficient (Wildman–Crippen LogP) is 3.71. The number of hydrogen-bond donors (Lipinski definition) is 1. The van der Waals surface area contributed by atoms with Crippen LogP contribution in [0.3, 0.4) is 0 Å². The molecule has 0 fully saturated rings. The Balaban J connectivity index is 1.73. The molecule has 0 radical (unpaired) electrons. The molecule has 10 heteroatoms. The largest absolute Gasteiger partial charge is 0.409 e. The maximum Gasteiger partial charge on any atom is 0.409 e. The number of thiazole rings is 1. The topological polar surface area (TPSA) is 95.4 Å². The summed E-state index contributed by atoms with van der Waals surface area (Å²) in [5.74, 6) is 0. The number of rotatable bonds is 7. The molecule has 3 rings (SSSR count). The highest BCUT2D eigenvalue weighted by atomic mass is 32.3. The van der Waals surface area contributed by atoms with Crippen molar-refractivity contribution in [1.29, 1.82) is 0 Å². The Morgan fingerprint density at radius 1 is 1.21 bits per heavy atom. The van der Waals surface area contributed by atoms with E-state index in [4.69, 9.17) is 4.55 Å². The number of hydrogen-bond acceptors (Lipinski definition) is 7. The molecule has 0 atom stereocenters. The first-order valence-corrected chi connectivity index (χ1v) is 10.7. The molecule has 1 heterocycles. The van der Waals surface area contributed by atoms with E-state index in [-0.39, 0.29) is 6.61 Å². The lowest BCUT2D eigenvalue weighted by molar-refractivity contribution is -0.627. The zero-order valence-corrected chi connectivity index (χ0v) is 17.4. The Hall–Kier alpha value is -2.40. The molecule has 3 aromatic rings. The van der Waals surface area contributed by atoms with Crippen molar-refractivity contribution in [2.75, 3.05) is 25.1 Å². The van der Waals surface area contributed by atoms with Gasteiger partial charge in [-0.2, -0.15) is 8.42 Å². The second-order valence-electron chi connectivity index (χ2n) is 6.25. The van der Waals surface area contributed by atoms with E-state index in [0.717, 1.165) is 32.3 Å². The summed E-state index contributed by atoms with van der Waals surface area (Å²) in [5, 5.41) is 9.60. The predicted molar refractivity (Wildman–Crippen MR) is 109 cm³/mol. The van der Waals surface area contributed by atoms with Crippen LogP contribution in [0.15, 0.2) is 52.7 Å². The van der Waals surface area contributed by atoms with Crippen LogP contribution in [-0.4, -0.2) is 33.2 Å². The number of benzene rings is 2. The third-order valence-electron chi connectivity index (χ3n) is 4.24. The summed E-state index contributed by atoms with van der Waals surface area (Å²) in [6.45, 7) is 2.10. The number of anilines is 1. The van der Waals surface area contributed by atoms with Crippen molar-refractivity contribution in [3.8, 4) is 0 Å². The van der Waals surface area contributed by atoms with Crippen molar-refractivity contribution in [2.24, 2.45) is 17.3 Å². The fourth-order valence-corrected chi connectivity index (χ4v) is 3.93. The minimum absolute atomic E-state index is 0.141. The van der Waals surface area contributed by atoms with Crippen molar-refractivity contribution >= 4 is 48.5 Å². The molecule has 8 nitrogen and oxygen atoms in total. The molecule has 0 amide bonds. The molecule has 0 bridgehead atoms. The van der Waals surface area contributed by atoms with Crippen LogP contribution < -0.4 is 9.47 Å². The van der Waals surface area contributed by atoms with Crippen LogP contribution in [0.2, 0.25) is 0 Å². The van der Waals surface area contributed by atoms with Gasteiger partial charge in [0.25, 0.3) is 0 Å². The zero-order valence-electron chi connectivity index (χ0n) is 15.7. The minimum Gasteiger partial charge on any atom is -0.372 e. The highest BCUT2D eigenvalue weighted by Crippen LogP contribution is 2.29. The third kappa shape index (κ3) is 4.90. The van der Waals surface area contributed by atoms with Crippen LogP contribution in [0.5, 0.6) is 0 Å². The molecule has 28 heavy (non-hydrogen) atoms. The van der Waals surface area contributed by atoms with Gasteiger partial charge in [-0.3, -0.25) is 4.55 Å². The molecule has 0 aliphatic heterocycles. The lowest BCUT2D eigenvalue weighted by Gasteiger charge is -2.19. The van der Waals surface area contributed by atoms with Crippen molar-refractivity contribution in [2.45, 2.75) is 6.92 Å². The number of aromatic nitrogens is 1. The van der Waals surface area contributed by atoms with E-state index in [1.165, 1.54) is 0 Å². The van der Waals surface area contributed by atoms with Gasteiger partial charge in [0, 0.05) is 19.3 Å². The molecule has 1 aromatic heterocycles. The molecule has 0 aliphatic carbocycles. The van der Waals surface area contributed by atoms with Crippen LogP contribution in [-0.2, 0) is 21.6 Å². The molecular weight excluding hydrogens is 400 g/mol. The Morgan fingerprint density at radius 3 is 2.64 bits per heavy atom. The van der Waals surface area contributed by atoms with E-state index < -0.39 is 10.4 Å². The summed E-state index contributed by atoms with van der Waals surface area (Å²) in [6.07, 6.45) is 0. The van der Waals surface area contributed by atoms with Gasteiger partial charge in [0.15, 0.2) is 0 Å². The maximum atomic E-state index is 10.6. The molecule has 0 unspecified atom stereocenters. The second kappa shape index (κ2) is 8.31. The van der Waals surface area contributed by atoms with Crippen molar-refractivity contribution in [3.05, 3.63) is 48.0 Å². The maximum absolute atomic E-state index is 10.6. The van der Waals surface area contributed by atoms with Crippen molar-refractivity contribution in [1.82, 2.24) is 0 Å². The van der Waals surface area contributed by atoms with E-state index in [1.54, 1.807) is 18.4 Å². The Bertz CT molecular complexity index is 1130. The highest BCUT2D eigenvalue weighted by Gasteiger charge is 2.15. The fourth-order valence-electron chi connectivity index (χ4n) is 2.67. The summed E-state index contributed by atoms with van der Waals surface area (Å²) in [6, 6.07) is 13.8. The standard InChI is InChI=1S/C18H20N4O4S2/c1-13-12-14(21(2)10-11-26-28(23,24)25)8-9-15(13)19-20-18-22(3)16-6-4-5-7-17(16)27-18/h4-9,12H,10-11H2,1-3H3/p+1. The molecule has 0 saturated carbocycles. The molecule has 1 N–H and O–H groups in total. The number of azo groups is 1. The monoisotopic (exact) mass is 421 g/mol. The smallest absolute Gasteiger partial charge is 0.372 e. The van der Waals surface area contributed by atoms with Crippen LogP contribution >= 0.6 is 11.3 Å². The Kier molecular flexibility index (Phi) is 6.04. The van der Waals surface area contributed by atoms with Gasteiger partial charge in [-0.05, 0) is 59.3 Å². The van der Waals surface area contributed by atoms with Crippen LogP contribution in [0.25, 0.3) is 10.2 Å². The van der Waals surface area contributed by atoms with Gasteiger partial charge in [-0.1, -0.05) is 12.1 Å². The second-order valence-corrected chi connectivity index (χ2v) is 8.35. The van der Waals surface area contributed by atoms with Gasteiger partial charge in [-0.25, -0.2) is 8.75 Å². The van der Waals surface area contributed by atoms with E-state index in [0.29, 0.717) is 6.54 Å². The number of para-hydroxylation sites is 1. The number of aryl methyl sites for hydroxylation is 2. The van der Waals surface area contributed by atoms with Crippen LogP contribution in [0, 0.1) is 6.92 Å². The fraction of sp³-hybridized carbons (Fsp3) is 0.278. The summed E-state index contributed by atoms with van der Waals surface area (Å²) < 4.78 is 37.3. The van der Waals surface area contributed by atoms with Gasteiger partial charge in [0.2, 0.25) is 0 Å². The zero-order chi connectivity index (χ0) is 20.3. The van der Waals surface area contributed by atoms with Crippen molar-refractivity contribution in [3.63, 3.8) is 0 Å². The minimum atomic E-state index is -4.42. The Morgan fingerprint density at radius 2 is 1.96 bits per heavy atom.